The molecule has 2 nitrogen and oxygen atoms in total. The summed E-state index contributed by atoms with van der Waals surface area (Å²) in [5.74, 6) is -0.803. The average molecular weight is 314 g/mol. The zero-order chi connectivity index (χ0) is 14.5. The van der Waals surface area contributed by atoms with Crippen molar-refractivity contribution in [3.63, 3.8) is 0 Å². The van der Waals surface area contributed by atoms with Crippen LogP contribution in [0.3, 0.4) is 0 Å². The second-order valence-electron chi connectivity index (χ2n) is 3.99. The van der Waals surface area contributed by atoms with E-state index < -0.39 is 11.6 Å². The molecule has 0 fully saturated rings. The molecule has 0 heterocycles. The van der Waals surface area contributed by atoms with Crippen molar-refractivity contribution in [2.75, 3.05) is 0 Å². The third-order valence-corrected chi connectivity index (χ3v) is 5.17. The van der Waals surface area contributed by atoms with Gasteiger partial charge in [-0.15, -0.1) is 0 Å². The molecule has 0 aliphatic carbocycles. The smallest absolute Gasteiger partial charge is 0.123 e. The van der Waals surface area contributed by atoms with Crippen LogP contribution in [-0.4, -0.2) is 10.2 Å². The van der Waals surface area contributed by atoms with Crippen LogP contribution >= 0.6 is 21.6 Å². The van der Waals surface area contributed by atoms with Gasteiger partial charge in [-0.2, -0.15) is 0 Å². The van der Waals surface area contributed by atoms with E-state index in [1.165, 1.54) is 45.9 Å². The summed E-state index contributed by atoms with van der Waals surface area (Å²) in [7, 11) is 2.65. The summed E-state index contributed by atoms with van der Waals surface area (Å²) in [6.07, 6.45) is 0. The number of hydrogen-bond donors (Lipinski definition) is 2. The van der Waals surface area contributed by atoms with E-state index in [4.69, 9.17) is 0 Å². The Morgan fingerprint density at radius 2 is 1.15 bits per heavy atom. The highest BCUT2D eigenvalue weighted by Gasteiger charge is 2.08. The summed E-state index contributed by atoms with van der Waals surface area (Å²) in [6.45, 7) is -0.506. The summed E-state index contributed by atoms with van der Waals surface area (Å²) in [5, 5.41) is 18.4. The Morgan fingerprint density at radius 1 is 0.750 bits per heavy atom. The fourth-order valence-electron chi connectivity index (χ4n) is 1.60. The molecule has 2 aromatic carbocycles. The van der Waals surface area contributed by atoms with Crippen molar-refractivity contribution in [2.45, 2.75) is 23.0 Å². The Hall–Kier alpha value is -1.08. The molecule has 0 saturated carbocycles. The standard InChI is InChI=1S/C14H12F2O2S2/c15-11-1-3-13(9(5-11)7-17)19-20-14-4-2-12(16)6-10(14)8-18/h1-6,17-18H,7-8H2. The maximum absolute atomic E-state index is 13.1. The molecule has 2 N–H and O–H groups in total. The van der Waals surface area contributed by atoms with E-state index in [9.17, 15) is 19.0 Å². The molecule has 0 bridgehead atoms. The van der Waals surface area contributed by atoms with Gasteiger partial charge in [-0.3, -0.25) is 0 Å². The maximum Gasteiger partial charge on any atom is 0.123 e. The molecule has 2 rings (SSSR count). The summed E-state index contributed by atoms with van der Waals surface area (Å²) in [6, 6.07) is 8.36. The molecule has 0 saturated heterocycles. The molecule has 0 unspecified atom stereocenters. The van der Waals surface area contributed by atoms with Gasteiger partial charge in [0.05, 0.1) is 13.2 Å². The number of halogens is 2. The second kappa shape index (κ2) is 7.08. The largest absolute Gasteiger partial charge is 0.392 e. The molecule has 0 aliphatic heterocycles. The lowest BCUT2D eigenvalue weighted by molar-refractivity contribution is 0.278. The second-order valence-corrected chi connectivity index (χ2v) is 6.20. The minimum absolute atomic E-state index is 0.253. The first-order chi connectivity index (χ1) is 9.63. The van der Waals surface area contributed by atoms with Gasteiger partial charge in [0, 0.05) is 9.79 Å². The van der Waals surface area contributed by atoms with Crippen LogP contribution in [0, 0.1) is 11.6 Å². The van der Waals surface area contributed by atoms with E-state index in [0.29, 0.717) is 11.1 Å². The average Bonchev–Trinajstić information content (AvgIpc) is 2.46. The minimum Gasteiger partial charge on any atom is -0.392 e. The van der Waals surface area contributed by atoms with Gasteiger partial charge < -0.3 is 10.2 Å². The highest BCUT2D eigenvalue weighted by atomic mass is 33.1. The molecule has 0 amide bonds. The van der Waals surface area contributed by atoms with E-state index in [1.54, 1.807) is 12.1 Å². The van der Waals surface area contributed by atoms with Crippen molar-refractivity contribution in [3.8, 4) is 0 Å². The Kier molecular flexibility index (Phi) is 5.42. The number of benzene rings is 2. The van der Waals surface area contributed by atoms with Crippen LogP contribution in [-0.2, 0) is 13.2 Å². The lowest BCUT2D eigenvalue weighted by atomic mass is 10.2. The predicted octanol–water partition coefficient (Wildman–Crippen LogP) is 3.75. The van der Waals surface area contributed by atoms with Gasteiger partial charge in [-0.05, 0) is 47.5 Å². The van der Waals surface area contributed by atoms with Crippen LogP contribution < -0.4 is 0 Å². The van der Waals surface area contributed by atoms with Gasteiger partial charge in [0.2, 0.25) is 0 Å². The van der Waals surface area contributed by atoms with Gasteiger partial charge in [-0.25, -0.2) is 8.78 Å². The van der Waals surface area contributed by atoms with Gasteiger partial charge in [-0.1, -0.05) is 21.6 Å². The first-order valence-electron chi connectivity index (χ1n) is 5.77. The van der Waals surface area contributed by atoms with E-state index >= 15 is 0 Å². The van der Waals surface area contributed by atoms with Crippen LogP contribution in [0.25, 0.3) is 0 Å². The topological polar surface area (TPSA) is 40.5 Å². The first kappa shape index (κ1) is 15.3. The highest BCUT2D eigenvalue weighted by Crippen LogP contribution is 2.40. The van der Waals surface area contributed by atoms with Gasteiger partial charge in [0.25, 0.3) is 0 Å². The molecule has 106 valence electrons. The van der Waals surface area contributed by atoms with Crippen molar-refractivity contribution in [1.29, 1.82) is 0 Å². The van der Waals surface area contributed by atoms with Crippen molar-refractivity contribution in [3.05, 3.63) is 59.2 Å². The molecule has 0 radical (unpaired) electrons. The van der Waals surface area contributed by atoms with Gasteiger partial charge in [0.15, 0.2) is 0 Å². The molecule has 2 aromatic rings. The highest BCUT2D eigenvalue weighted by molar-refractivity contribution is 8.76. The third kappa shape index (κ3) is 3.73. The van der Waals surface area contributed by atoms with Crippen molar-refractivity contribution >= 4 is 21.6 Å². The predicted molar refractivity (Wildman–Crippen MR) is 76.4 cm³/mol. The van der Waals surface area contributed by atoms with E-state index in [2.05, 4.69) is 0 Å². The van der Waals surface area contributed by atoms with E-state index in [0.717, 1.165) is 9.79 Å². The van der Waals surface area contributed by atoms with E-state index in [1.807, 2.05) is 0 Å². The molecule has 20 heavy (non-hydrogen) atoms. The number of aliphatic hydroxyl groups is 2. The zero-order valence-electron chi connectivity index (χ0n) is 10.3. The first-order valence-corrected chi connectivity index (χ1v) is 7.92. The normalized spacial score (nSPS) is 10.8. The minimum atomic E-state index is -0.402. The Morgan fingerprint density at radius 3 is 1.50 bits per heavy atom. The van der Waals surface area contributed by atoms with Crippen LogP contribution in [0.4, 0.5) is 8.78 Å². The van der Waals surface area contributed by atoms with Crippen LogP contribution in [0.1, 0.15) is 11.1 Å². The number of aliphatic hydroxyl groups excluding tert-OH is 2. The number of hydrogen-bond acceptors (Lipinski definition) is 4. The van der Waals surface area contributed by atoms with Crippen molar-refractivity contribution < 1.29 is 19.0 Å². The van der Waals surface area contributed by atoms with E-state index in [-0.39, 0.29) is 13.2 Å². The molecule has 0 atom stereocenters. The lowest BCUT2D eigenvalue weighted by Gasteiger charge is -2.09. The van der Waals surface area contributed by atoms with Crippen LogP contribution in [0.2, 0.25) is 0 Å². The molecular weight excluding hydrogens is 302 g/mol. The Labute approximate surface area is 123 Å². The van der Waals surface area contributed by atoms with Crippen LogP contribution in [0.5, 0.6) is 0 Å². The monoisotopic (exact) mass is 314 g/mol. The third-order valence-electron chi connectivity index (χ3n) is 2.61. The van der Waals surface area contributed by atoms with Crippen molar-refractivity contribution in [2.24, 2.45) is 0 Å². The SMILES string of the molecule is OCc1cc(F)ccc1SSc1ccc(F)cc1CO. The Bertz CT molecular complexity index is 552. The zero-order valence-corrected chi connectivity index (χ0v) is 12.0. The lowest BCUT2D eigenvalue weighted by Crippen LogP contribution is -1.90. The molecular formula is C14H12F2O2S2. The molecule has 0 spiro atoms. The quantitative estimate of drug-likeness (QED) is 0.825. The maximum atomic E-state index is 13.1. The summed E-state index contributed by atoms with van der Waals surface area (Å²) in [4.78, 5) is 1.46. The van der Waals surface area contributed by atoms with Crippen molar-refractivity contribution in [1.82, 2.24) is 0 Å². The van der Waals surface area contributed by atoms with Gasteiger partial charge in [0.1, 0.15) is 11.6 Å². The van der Waals surface area contributed by atoms with Gasteiger partial charge >= 0.3 is 0 Å². The fourth-order valence-corrected chi connectivity index (χ4v) is 4.00. The summed E-state index contributed by atoms with van der Waals surface area (Å²) in [5.41, 5.74) is 0.991. The molecule has 6 heteroatoms. The summed E-state index contributed by atoms with van der Waals surface area (Å²) < 4.78 is 26.1. The molecule has 0 aliphatic rings. The molecule has 0 aromatic heterocycles. The van der Waals surface area contributed by atoms with Crippen LogP contribution in [0.15, 0.2) is 46.2 Å². The Balaban J connectivity index is 2.16. The fraction of sp³-hybridized carbons (Fsp3) is 0.143. The summed E-state index contributed by atoms with van der Waals surface area (Å²) >= 11 is 0. The number of rotatable bonds is 5.